The molecule has 1 spiro atoms. The van der Waals surface area contributed by atoms with Crippen LogP contribution in [0.25, 0.3) is 10.8 Å². The van der Waals surface area contributed by atoms with E-state index in [9.17, 15) is 14.3 Å². The predicted octanol–water partition coefficient (Wildman–Crippen LogP) is 4.70. The zero-order valence-corrected chi connectivity index (χ0v) is 24.4. The lowest BCUT2D eigenvalue weighted by Gasteiger charge is -2.45. The average Bonchev–Trinajstić information content (AvgIpc) is 3.50. The Kier molecular flexibility index (Phi) is 7.83. The summed E-state index contributed by atoms with van der Waals surface area (Å²) >= 11 is 0. The van der Waals surface area contributed by atoms with Gasteiger partial charge in [0.1, 0.15) is 11.4 Å². The largest absolute Gasteiger partial charge is 0.389 e. The third-order valence-electron chi connectivity index (χ3n) is 9.17. The normalized spacial score (nSPS) is 20.2. The summed E-state index contributed by atoms with van der Waals surface area (Å²) < 4.78 is 13.8. The summed E-state index contributed by atoms with van der Waals surface area (Å²) in [6.07, 6.45) is 4.99. The summed E-state index contributed by atoms with van der Waals surface area (Å²) in [7, 11) is 0. The van der Waals surface area contributed by atoms with Gasteiger partial charge >= 0.3 is 0 Å². The van der Waals surface area contributed by atoms with Gasteiger partial charge in [-0.2, -0.15) is 13.5 Å². The Bertz CT molecular complexity index is 1560. The highest BCUT2D eigenvalue weighted by Crippen LogP contribution is 2.45. The molecule has 1 aromatic heterocycles. The number of aromatic nitrogens is 1. The molecule has 2 fully saturated rings. The summed E-state index contributed by atoms with van der Waals surface area (Å²) in [6.45, 7) is 2.49. The van der Waals surface area contributed by atoms with Crippen LogP contribution in [-0.4, -0.2) is 70.3 Å². The van der Waals surface area contributed by atoms with Crippen LogP contribution in [0.3, 0.4) is 0 Å². The molecule has 218 valence electrons. The molecule has 2 saturated heterocycles. The molecule has 3 aliphatic rings. The molecule has 9 heteroatoms. The van der Waals surface area contributed by atoms with E-state index in [2.05, 4.69) is 56.5 Å². The van der Waals surface area contributed by atoms with E-state index in [1.54, 1.807) is 29.4 Å². The summed E-state index contributed by atoms with van der Waals surface area (Å²) in [4.78, 5) is 24.6. The van der Waals surface area contributed by atoms with Crippen molar-refractivity contribution in [2.45, 2.75) is 36.9 Å². The number of halogens is 1. The topological polar surface area (TPSA) is 71.9 Å². The van der Waals surface area contributed by atoms with Gasteiger partial charge in [-0.3, -0.25) is 14.7 Å². The Balaban J connectivity index is 0.00000316. The van der Waals surface area contributed by atoms with E-state index in [0.29, 0.717) is 32.1 Å². The van der Waals surface area contributed by atoms with Crippen LogP contribution in [-0.2, 0) is 11.2 Å². The van der Waals surface area contributed by atoms with Gasteiger partial charge in [-0.05, 0) is 77.6 Å². The lowest BCUT2D eigenvalue weighted by atomic mass is 9.84. The second-order valence-electron chi connectivity index (χ2n) is 11.5. The molecular formula is C33H36FN5O2S. The molecule has 1 unspecified atom stereocenters. The highest BCUT2D eigenvalue weighted by Gasteiger charge is 2.54. The maximum Gasteiger partial charge on any atom is 0.250 e. The summed E-state index contributed by atoms with van der Waals surface area (Å²) in [5, 5.41) is 16.7. The molecule has 4 aromatic rings. The molecule has 2 N–H and O–H groups in total. The molecule has 42 heavy (non-hydrogen) atoms. The van der Waals surface area contributed by atoms with E-state index in [4.69, 9.17) is 0 Å². The minimum Gasteiger partial charge on any atom is -0.389 e. The molecule has 0 bridgehead atoms. The lowest BCUT2D eigenvalue weighted by Crippen LogP contribution is -2.57. The van der Waals surface area contributed by atoms with Gasteiger partial charge in [-0.15, -0.1) is 0 Å². The molecule has 1 aliphatic carbocycles. The molecule has 0 saturated carbocycles. The van der Waals surface area contributed by atoms with Gasteiger partial charge in [0.05, 0.1) is 19.3 Å². The standard InChI is InChI=1S/C33H34FN5O2.H2S/c34-25-7-9-27(10-8-25)39-22-38(21-28(40)20-36-26-11-15-35-16-12-26)32(41)33(39)13-17-37(18-14-33)30-19-24-5-1-3-23-4-2-6-29(30)31(23)24;/h1-12,15-16,28,30,40H,13-14,17-22H2,(H,35,36);1H2/t28-,30?;/m0./s1. The van der Waals surface area contributed by atoms with E-state index in [-0.39, 0.29) is 31.8 Å². The summed E-state index contributed by atoms with van der Waals surface area (Å²) in [5.41, 5.74) is 3.76. The number of β-amino-alcohol motifs (C(OH)–C–C–N with tert-alkyl or cyclic N) is 1. The molecule has 2 atom stereocenters. The quantitative estimate of drug-likeness (QED) is 0.328. The van der Waals surface area contributed by atoms with Gasteiger partial charge in [-0.1, -0.05) is 36.4 Å². The minimum absolute atomic E-state index is 0. The number of benzene rings is 3. The minimum atomic E-state index is -0.741. The van der Waals surface area contributed by atoms with Crippen molar-refractivity contribution in [3.8, 4) is 0 Å². The van der Waals surface area contributed by atoms with Crippen LogP contribution in [0.2, 0.25) is 0 Å². The molecule has 3 aromatic carbocycles. The van der Waals surface area contributed by atoms with Crippen LogP contribution in [0.4, 0.5) is 15.8 Å². The van der Waals surface area contributed by atoms with Gasteiger partial charge in [0, 0.05) is 49.4 Å². The number of carbonyl (C=O) groups is 1. The lowest BCUT2D eigenvalue weighted by molar-refractivity contribution is -0.134. The van der Waals surface area contributed by atoms with Crippen LogP contribution in [0.15, 0.2) is 85.2 Å². The van der Waals surface area contributed by atoms with E-state index in [0.717, 1.165) is 30.9 Å². The summed E-state index contributed by atoms with van der Waals surface area (Å²) in [6, 6.07) is 23.6. The highest BCUT2D eigenvalue weighted by molar-refractivity contribution is 7.59. The number of amides is 1. The fourth-order valence-electron chi connectivity index (χ4n) is 7.13. The fourth-order valence-corrected chi connectivity index (χ4v) is 7.13. The van der Waals surface area contributed by atoms with Crippen LogP contribution in [0.5, 0.6) is 0 Å². The third-order valence-corrected chi connectivity index (χ3v) is 9.17. The van der Waals surface area contributed by atoms with Crippen molar-refractivity contribution in [1.29, 1.82) is 0 Å². The Hall–Kier alpha value is -3.66. The number of aliphatic hydroxyl groups is 1. The van der Waals surface area contributed by atoms with Crippen molar-refractivity contribution in [3.63, 3.8) is 0 Å². The first-order valence-corrected chi connectivity index (χ1v) is 14.4. The Morgan fingerprint density at radius 3 is 2.45 bits per heavy atom. The van der Waals surface area contributed by atoms with Gasteiger partial charge in [0.15, 0.2) is 0 Å². The predicted molar refractivity (Wildman–Crippen MR) is 169 cm³/mol. The van der Waals surface area contributed by atoms with E-state index in [1.165, 1.54) is 34.0 Å². The van der Waals surface area contributed by atoms with Crippen molar-refractivity contribution in [3.05, 3.63) is 102 Å². The second kappa shape index (κ2) is 11.6. The number of hydrogen-bond donors (Lipinski definition) is 2. The van der Waals surface area contributed by atoms with Crippen LogP contribution in [0.1, 0.15) is 30.0 Å². The van der Waals surface area contributed by atoms with E-state index in [1.807, 2.05) is 12.1 Å². The Labute approximate surface area is 252 Å². The van der Waals surface area contributed by atoms with Gasteiger partial charge in [-0.25, -0.2) is 4.39 Å². The molecule has 2 aliphatic heterocycles. The number of hydrogen-bond acceptors (Lipinski definition) is 6. The first-order valence-electron chi connectivity index (χ1n) is 14.4. The first kappa shape index (κ1) is 28.5. The van der Waals surface area contributed by atoms with Crippen molar-refractivity contribution >= 4 is 41.6 Å². The van der Waals surface area contributed by atoms with Crippen molar-refractivity contribution in [1.82, 2.24) is 14.8 Å². The zero-order chi connectivity index (χ0) is 28.0. The van der Waals surface area contributed by atoms with Gasteiger partial charge in [0.2, 0.25) is 5.91 Å². The summed E-state index contributed by atoms with van der Waals surface area (Å²) in [5.74, 6) is -0.256. The molecular weight excluding hydrogens is 549 g/mol. The molecule has 7 nitrogen and oxygen atoms in total. The van der Waals surface area contributed by atoms with Gasteiger partial charge < -0.3 is 20.2 Å². The third kappa shape index (κ3) is 4.99. The fraction of sp³-hybridized carbons (Fsp3) is 0.333. The monoisotopic (exact) mass is 585 g/mol. The number of carbonyl (C=O) groups excluding carboxylic acids is 1. The highest BCUT2D eigenvalue weighted by atomic mass is 32.1. The SMILES string of the molecule is O=C1N(C[C@@H](O)CNc2ccncc2)CN(c2ccc(F)cc2)C12CCN(C1Cc3cccc4cccc1c34)CC2.S. The number of rotatable bonds is 7. The Morgan fingerprint density at radius 2 is 1.71 bits per heavy atom. The van der Waals surface area contributed by atoms with E-state index < -0.39 is 11.6 Å². The average molecular weight is 586 g/mol. The van der Waals surface area contributed by atoms with E-state index >= 15 is 0 Å². The number of nitrogens with one attached hydrogen (secondary N) is 1. The maximum atomic E-state index is 14.2. The van der Waals surface area contributed by atoms with Gasteiger partial charge in [0.25, 0.3) is 0 Å². The number of nitrogens with zero attached hydrogens (tertiary/aromatic N) is 4. The number of aliphatic hydroxyl groups excluding tert-OH is 1. The number of piperidine rings is 1. The maximum absolute atomic E-state index is 14.2. The zero-order valence-electron chi connectivity index (χ0n) is 23.4. The number of pyridine rings is 1. The number of likely N-dealkylation sites (tertiary alicyclic amines) is 1. The molecule has 0 radical (unpaired) electrons. The first-order chi connectivity index (χ1) is 20.0. The van der Waals surface area contributed by atoms with Crippen molar-refractivity contribution in [2.75, 3.05) is 43.1 Å². The van der Waals surface area contributed by atoms with Crippen LogP contribution in [0, 0.1) is 5.82 Å². The molecule has 1 amide bonds. The molecule has 7 rings (SSSR count). The molecule has 3 heterocycles. The van der Waals surface area contributed by atoms with Crippen molar-refractivity contribution in [2.24, 2.45) is 0 Å². The second-order valence-corrected chi connectivity index (χ2v) is 11.5. The van der Waals surface area contributed by atoms with Crippen molar-refractivity contribution < 1.29 is 14.3 Å². The Morgan fingerprint density at radius 1 is 1.00 bits per heavy atom. The van der Waals surface area contributed by atoms with Crippen LogP contribution >= 0.6 is 13.5 Å². The number of anilines is 2. The van der Waals surface area contributed by atoms with Crippen LogP contribution < -0.4 is 10.2 Å². The smallest absolute Gasteiger partial charge is 0.250 e.